The lowest BCUT2D eigenvalue weighted by Gasteiger charge is -2.19. The Morgan fingerprint density at radius 1 is 1.11 bits per heavy atom. The predicted molar refractivity (Wildman–Crippen MR) is 89.5 cm³/mol. The van der Waals surface area contributed by atoms with Crippen LogP contribution in [0.25, 0.3) is 0 Å². The van der Waals surface area contributed by atoms with Crippen LogP contribution in [-0.2, 0) is 6.54 Å². The summed E-state index contributed by atoms with van der Waals surface area (Å²) in [6, 6.07) is 5.60. The minimum Gasteiger partial charge on any atom is -0.405 e. The van der Waals surface area contributed by atoms with Gasteiger partial charge in [-0.2, -0.15) is 13.2 Å². The normalized spacial score (nSPS) is 13.0. The van der Waals surface area contributed by atoms with Crippen molar-refractivity contribution >= 4 is 5.96 Å². The summed E-state index contributed by atoms with van der Waals surface area (Å²) in [4.78, 5) is 5.25. The number of hydrogen-bond donors (Lipinski definition) is 2. The van der Waals surface area contributed by atoms with E-state index in [4.69, 9.17) is 0 Å². The van der Waals surface area contributed by atoms with E-state index < -0.39 is 19.1 Å². The number of nitrogens with zero attached hydrogens (tertiary/aromatic N) is 2. The SMILES string of the molecule is CCNC(=NCc1ccccc1OC(F)(F)F)NCCN(C)CC(F)(F)F. The molecule has 0 bridgehead atoms. The second-order valence-electron chi connectivity index (χ2n) is 5.63. The smallest absolute Gasteiger partial charge is 0.405 e. The van der Waals surface area contributed by atoms with Crippen LogP contribution in [-0.4, -0.2) is 56.6 Å². The largest absolute Gasteiger partial charge is 0.573 e. The summed E-state index contributed by atoms with van der Waals surface area (Å²) < 4.78 is 78.1. The van der Waals surface area contributed by atoms with Gasteiger partial charge in [-0.1, -0.05) is 18.2 Å². The first-order valence-corrected chi connectivity index (χ1v) is 8.11. The lowest BCUT2D eigenvalue weighted by atomic mass is 10.2. The van der Waals surface area contributed by atoms with Gasteiger partial charge in [-0.05, 0) is 20.0 Å². The molecule has 0 heterocycles. The van der Waals surface area contributed by atoms with Gasteiger partial charge in [-0.3, -0.25) is 4.90 Å². The average Bonchev–Trinajstić information content (AvgIpc) is 2.50. The number of nitrogens with one attached hydrogen (secondary N) is 2. The molecule has 0 fully saturated rings. The van der Waals surface area contributed by atoms with Gasteiger partial charge in [0.1, 0.15) is 5.75 Å². The lowest BCUT2D eigenvalue weighted by molar-refractivity contribution is -0.274. The zero-order valence-electron chi connectivity index (χ0n) is 14.9. The van der Waals surface area contributed by atoms with Gasteiger partial charge in [0.2, 0.25) is 0 Å². The monoisotopic (exact) mass is 400 g/mol. The van der Waals surface area contributed by atoms with Crippen LogP contribution >= 0.6 is 0 Å². The second-order valence-corrected chi connectivity index (χ2v) is 5.63. The van der Waals surface area contributed by atoms with Crippen molar-refractivity contribution in [2.75, 3.05) is 33.2 Å². The summed E-state index contributed by atoms with van der Waals surface area (Å²) in [6.45, 7) is 1.42. The van der Waals surface area contributed by atoms with Crippen LogP contribution in [0, 0.1) is 0 Å². The standard InChI is InChI=1S/C16H22F6N4O/c1-3-23-14(24-8-9-26(2)11-15(17,18)19)25-10-12-6-4-5-7-13(12)27-16(20,21)22/h4-7H,3,8-11H2,1-2H3,(H2,23,24,25). The molecule has 0 aliphatic rings. The van der Waals surface area contributed by atoms with Crippen molar-refractivity contribution in [3.8, 4) is 5.75 Å². The molecule has 0 aromatic heterocycles. The molecule has 1 aromatic rings. The van der Waals surface area contributed by atoms with Crippen molar-refractivity contribution in [2.45, 2.75) is 26.0 Å². The van der Waals surface area contributed by atoms with E-state index >= 15 is 0 Å². The number of benzene rings is 1. The highest BCUT2D eigenvalue weighted by Gasteiger charge is 2.32. The maximum atomic E-state index is 12.4. The summed E-state index contributed by atoms with van der Waals surface area (Å²) in [6.07, 6.45) is -9.10. The van der Waals surface area contributed by atoms with Gasteiger partial charge in [0.15, 0.2) is 5.96 Å². The first kappa shape index (κ1) is 22.9. The summed E-state index contributed by atoms with van der Waals surface area (Å²) in [5.74, 6) is -0.0748. The average molecular weight is 400 g/mol. The maximum Gasteiger partial charge on any atom is 0.573 e. The van der Waals surface area contributed by atoms with Crippen LogP contribution in [0.3, 0.4) is 0 Å². The molecule has 0 aliphatic heterocycles. The van der Waals surface area contributed by atoms with Gasteiger partial charge < -0.3 is 15.4 Å². The Bertz CT molecular complexity index is 603. The summed E-state index contributed by atoms with van der Waals surface area (Å²) in [7, 11) is 1.34. The molecule has 0 aliphatic carbocycles. The third-order valence-electron chi connectivity index (χ3n) is 3.19. The third kappa shape index (κ3) is 10.5. The minimum atomic E-state index is -4.81. The van der Waals surface area contributed by atoms with Crippen molar-refractivity contribution < 1.29 is 31.1 Å². The molecule has 0 spiro atoms. The number of para-hydroxylation sites is 1. The molecule has 0 saturated carbocycles. The number of hydrogen-bond acceptors (Lipinski definition) is 3. The van der Waals surface area contributed by atoms with Gasteiger partial charge in [-0.15, -0.1) is 13.2 Å². The quantitative estimate of drug-likeness (QED) is 0.400. The minimum absolute atomic E-state index is 0.0972. The first-order valence-electron chi connectivity index (χ1n) is 8.11. The topological polar surface area (TPSA) is 48.9 Å². The number of alkyl halides is 6. The van der Waals surface area contributed by atoms with E-state index in [0.29, 0.717) is 6.54 Å². The molecule has 0 radical (unpaired) electrons. The Balaban J connectivity index is 2.67. The Morgan fingerprint density at radius 2 is 1.78 bits per heavy atom. The number of halogens is 6. The number of rotatable bonds is 8. The number of ether oxygens (including phenoxy) is 1. The fourth-order valence-electron chi connectivity index (χ4n) is 2.11. The van der Waals surface area contributed by atoms with Gasteiger partial charge in [0, 0.05) is 25.2 Å². The number of aliphatic imine (C=N–C) groups is 1. The van der Waals surface area contributed by atoms with E-state index in [-0.39, 0.29) is 36.9 Å². The zero-order valence-corrected chi connectivity index (χ0v) is 14.9. The van der Waals surface area contributed by atoms with Crippen molar-refractivity contribution in [1.29, 1.82) is 0 Å². The van der Waals surface area contributed by atoms with Crippen molar-refractivity contribution in [3.63, 3.8) is 0 Å². The van der Waals surface area contributed by atoms with E-state index in [2.05, 4.69) is 20.4 Å². The number of likely N-dealkylation sites (N-methyl/N-ethyl adjacent to an activating group) is 1. The van der Waals surface area contributed by atoms with E-state index in [1.807, 2.05) is 0 Å². The van der Waals surface area contributed by atoms with Crippen LogP contribution in [0.15, 0.2) is 29.3 Å². The molecule has 5 nitrogen and oxygen atoms in total. The summed E-state index contributed by atoms with van der Waals surface area (Å²) in [5.41, 5.74) is 0.223. The molecular formula is C16H22F6N4O. The molecule has 2 N–H and O–H groups in total. The van der Waals surface area contributed by atoms with Crippen LogP contribution in [0.5, 0.6) is 5.75 Å². The van der Waals surface area contributed by atoms with E-state index in [1.165, 1.54) is 25.2 Å². The highest BCUT2D eigenvalue weighted by atomic mass is 19.4. The first-order chi connectivity index (χ1) is 12.5. The molecule has 0 amide bonds. The Morgan fingerprint density at radius 3 is 2.37 bits per heavy atom. The zero-order chi connectivity index (χ0) is 20.5. The molecule has 1 rings (SSSR count). The number of guanidine groups is 1. The fourth-order valence-corrected chi connectivity index (χ4v) is 2.11. The highest BCUT2D eigenvalue weighted by Crippen LogP contribution is 2.26. The molecule has 0 saturated heterocycles. The molecule has 154 valence electrons. The fraction of sp³-hybridized carbons (Fsp3) is 0.562. The Hall–Kier alpha value is -2.17. The van der Waals surface area contributed by atoms with Gasteiger partial charge in [0.05, 0.1) is 13.1 Å². The van der Waals surface area contributed by atoms with Crippen LogP contribution in [0.2, 0.25) is 0 Å². The second kappa shape index (κ2) is 10.2. The van der Waals surface area contributed by atoms with Crippen LogP contribution in [0.1, 0.15) is 12.5 Å². The van der Waals surface area contributed by atoms with Crippen molar-refractivity contribution in [1.82, 2.24) is 15.5 Å². The molecule has 27 heavy (non-hydrogen) atoms. The van der Waals surface area contributed by atoms with Crippen LogP contribution in [0.4, 0.5) is 26.3 Å². The predicted octanol–water partition coefficient (Wildman–Crippen LogP) is 3.13. The van der Waals surface area contributed by atoms with E-state index in [9.17, 15) is 26.3 Å². The molecule has 0 atom stereocenters. The molecule has 11 heteroatoms. The Labute approximate surface area is 153 Å². The van der Waals surface area contributed by atoms with Gasteiger partial charge in [-0.25, -0.2) is 4.99 Å². The van der Waals surface area contributed by atoms with Gasteiger partial charge in [0.25, 0.3) is 0 Å². The maximum absolute atomic E-state index is 12.4. The highest BCUT2D eigenvalue weighted by molar-refractivity contribution is 5.79. The van der Waals surface area contributed by atoms with Gasteiger partial charge >= 0.3 is 12.5 Å². The molecule has 1 aromatic carbocycles. The van der Waals surface area contributed by atoms with E-state index in [1.54, 1.807) is 13.0 Å². The summed E-state index contributed by atoms with van der Waals surface area (Å²) in [5, 5.41) is 5.72. The molecular weight excluding hydrogens is 378 g/mol. The Kier molecular flexibility index (Phi) is 8.67. The molecule has 0 unspecified atom stereocenters. The third-order valence-corrected chi connectivity index (χ3v) is 3.19. The van der Waals surface area contributed by atoms with Crippen LogP contribution < -0.4 is 15.4 Å². The van der Waals surface area contributed by atoms with E-state index in [0.717, 1.165) is 4.90 Å². The lowest BCUT2D eigenvalue weighted by Crippen LogP contribution is -2.42. The summed E-state index contributed by atoms with van der Waals surface area (Å²) >= 11 is 0. The van der Waals surface area contributed by atoms with Crippen molar-refractivity contribution in [2.24, 2.45) is 4.99 Å². The van der Waals surface area contributed by atoms with Crippen molar-refractivity contribution in [3.05, 3.63) is 29.8 Å².